The van der Waals surface area contributed by atoms with Gasteiger partial charge in [-0.05, 0) is 36.4 Å². The van der Waals surface area contributed by atoms with Gasteiger partial charge in [-0.3, -0.25) is 9.59 Å². The first kappa shape index (κ1) is 17.2. The summed E-state index contributed by atoms with van der Waals surface area (Å²) in [6, 6.07) is 11.4. The maximum Gasteiger partial charge on any atom is 0.257 e. The quantitative estimate of drug-likeness (QED) is 0.696. The number of nitrogens with one attached hydrogen (secondary N) is 1. The third-order valence-electron chi connectivity index (χ3n) is 3.63. The van der Waals surface area contributed by atoms with Crippen LogP contribution in [-0.4, -0.2) is 21.2 Å². The van der Waals surface area contributed by atoms with E-state index in [0.29, 0.717) is 22.1 Å². The molecule has 0 saturated carbocycles. The molecule has 0 bridgehead atoms. The highest BCUT2D eigenvalue weighted by atomic mass is 35.5. The van der Waals surface area contributed by atoms with E-state index in [4.69, 9.17) is 23.2 Å². The Labute approximate surface area is 154 Å². The Balaban J connectivity index is 1.77. The summed E-state index contributed by atoms with van der Waals surface area (Å²) >= 11 is 12.0. The van der Waals surface area contributed by atoms with E-state index < -0.39 is 0 Å². The number of rotatable bonds is 4. The highest BCUT2D eigenvalue weighted by Gasteiger charge is 2.15. The Bertz CT molecular complexity index is 949. The topological polar surface area (TPSA) is 64.0 Å². The molecule has 3 aromatic rings. The summed E-state index contributed by atoms with van der Waals surface area (Å²) in [5.74, 6) is -0.221. The van der Waals surface area contributed by atoms with Crippen molar-refractivity contribution in [3.05, 3.63) is 81.9 Å². The molecule has 7 heteroatoms. The minimum Gasteiger partial charge on any atom is -0.331 e. The molecule has 0 unspecified atom stereocenters. The minimum atomic E-state index is -0.379. The second-order valence-corrected chi connectivity index (χ2v) is 6.11. The van der Waals surface area contributed by atoms with Crippen molar-refractivity contribution in [2.24, 2.45) is 7.05 Å². The van der Waals surface area contributed by atoms with Crippen LogP contribution in [0.5, 0.6) is 0 Å². The molecule has 126 valence electrons. The summed E-state index contributed by atoms with van der Waals surface area (Å²) in [6.07, 6.45) is 3.27. The number of carbonyl (C=O) groups is 2. The molecule has 1 heterocycles. The van der Waals surface area contributed by atoms with E-state index in [-0.39, 0.29) is 22.3 Å². The monoisotopic (exact) mass is 373 g/mol. The molecular formula is C18H13Cl2N3O2. The van der Waals surface area contributed by atoms with E-state index >= 15 is 0 Å². The molecule has 0 atom stereocenters. The first-order valence-corrected chi connectivity index (χ1v) is 8.10. The fraction of sp³-hybridized carbons (Fsp3) is 0.0556. The molecule has 1 N–H and O–H groups in total. The van der Waals surface area contributed by atoms with Gasteiger partial charge in [-0.2, -0.15) is 0 Å². The summed E-state index contributed by atoms with van der Waals surface area (Å²) in [7, 11) is 1.75. The zero-order valence-corrected chi connectivity index (χ0v) is 14.7. The molecule has 1 amide bonds. The fourth-order valence-electron chi connectivity index (χ4n) is 2.30. The lowest BCUT2D eigenvalue weighted by molar-refractivity contribution is 0.102. The molecule has 2 aromatic carbocycles. The summed E-state index contributed by atoms with van der Waals surface area (Å²) in [4.78, 5) is 28.7. The number of aryl methyl sites for hydroxylation is 1. The van der Waals surface area contributed by atoms with Gasteiger partial charge in [0.05, 0.1) is 15.6 Å². The molecule has 1 aromatic heterocycles. The molecule has 0 spiro atoms. The largest absolute Gasteiger partial charge is 0.331 e. The Morgan fingerprint density at radius 2 is 1.80 bits per heavy atom. The van der Waals surface area contributed by atoms with Crippen molar-refractivity contribution in [2.75, 3.05) is 5.32 Å². The number of carbonyl (C=O) groups excluding carboxylic acids is 2. The Morgan fingerprint density at radius 3 is 2.44 bits per heavy atom. The second kappa shape index (κ2) is 7.09. The molecular weight excluding hydrogens is 361 g/mol. The number of amides is 1. The summed E-state index contributed by atoms with van der Waals surface area (Å²) < 4.78 is 1.65. The summed E-state index contributed by atoms with van der Waals surface area (Å²) in [5, 5.41) is 3.23. The third kappa shape index (κ3) is 3.57. The van der Waals surface area contributed by atoms with E-state index in [1.165, 1.54) is 0 Å². The van der Waals surface area contributed by atoms with Crippen molar-refractivity contribution in [1.82, 2.24) is 9.55 Å². The lowest BCUT2D eigenvalue weighted by atomic mass is 10.1. The maximum absolute atomic E-state index is 12.4. The van der Waals surface area contributed by atoms with Gasteiger partial charge in [0.25, 0.3) is 5.91 Å². The van der Waals surface area contributed by atoms with E-state index in [9.17, 15) is 9.59 Å². The van der Waals surface area contributed by atoms with E-state index in [2.05, 4.69) is 10.3 Å². The highest BCUT2D eigenvalue weighted by Crippen LogP contribution is 2.26. The number of benzene rings is 2. The lowest BCUT2D eigenvalue weighted by Crippen LogP contribution is -2.13. The number of halogens is 2. The van der Waals surface area contributed by atoms with Gasteiger partial charge in [-0.1, -0.05) is 29.3 Å². The Hall–Kier alpha value is -2.63. The lowest BCUT2D eigenvalue weighted by Gasteiger charge is -2.08. The van der Waals surface area contributed by atoms with Gasteiger partial charge in [0.2, 0.25) is 5.78 Å². The first-order chi connectivity index (χ1) is 12.0. The zero-order chi connectivity index (χ0) is 18.0. The van der Waals surface area contributed by atoms with E-state index in [0.717, 1.165) is 0 Å². The van der Waals surface area contributed by atoms with Crippen molar-refractivity contribution in [3.8, 4) is 0 Å². The van der Waals surface area contributed by atoms with Crippen LogP contribution in [0.2, 0.25) is 10.0 Å². The summed E-state index contributed by atoms with van der Waals surface area (Å²) in [5.41, 5.74) is 1.30. The normalized spacial score (nSPS) is 10.5. The number of ketones is 1. The number of imidazole rings is 1. The second-order valence-electron chi connectivity index (χ2n) is 5.32. The van der Waals surface area contributed by atoms with Crippen LogP contribution in [0, 0.1) is 0 Å². The molecule has 0 aliphatic carbocycles. The number of nitrogens with zero attached hydrogens (tertiary/aromatic N) is 2. The first-order valence-electron chi connectivity index (χ1n) is 7.35. The van der Waals surface area contributed by atoms with Crippen LogP contribution in [0.15, 0.2) is 54.9 Å². The average molecular weight is 374 g/mol. The smallest absolute Gasteiger partial charge is 0.257 e. The molecule has 0 radical (unpaired) electrons. The van der Waals surface area contributed by atoms with Gasteiger partial charge in [-0.25, -0.2) is 4.98 Å². The highest BCUT2D eigenvalue weighted by molar-refractivity contribution is 6.44. The Kier molecular flexibility index (Phi) is 4.88. The molecule has 3 rings (SSSR count). The molecule has 0 saturated heterocycles. The van der Waals surface area contributed by atoms with Crippen molar-refractivity contribution >= 4 is 40.6 Å². The number of hydrogen-bond acceptors (Lipinski definition) is 3. The van der Waals surface area contributed by atoms with Crippen LogP contribution in [0.25, 0.3) is 0 Å². The van der Waals surface area contributed by atoms with Crippen LogP contribution in [0.1, 0.15) is 26.5 Å². The van der Waals surface area contributed by atoms with E-state index in [1.54, 1.807) is 66.5 Å². The standard InChI is InChI=1S/C18H13Cl2N3O2/c1-23-10-9-21-17(23)16(24)11-5-7-12(8-6-11)22-18(25)13-3-2-4-14(19)15(13)20/h2-10H,1H3,(H,22,25). The minimum absolute atomic E-state index is 0.191. The van der Waals surface area contributed by atoms with Crippen LogP contribution in [-0.2, 0) is 7.05 Å². The van der Waals surface area contributed by atoms with Crippen molar-refractivity contribution < 1.29 is 9.59 Å². The fourth-order valence-corrected chi connectivity index (χ4v) is 2.68. The number of anilines is 1. The SMILES string of the molecule is Cn1ccnc1C(=O)c1ccc(NC(=O)c2cccc(Cl)c2Cl)cc1. The van der Waals surface area contributed by atoms with Crippen molar-refractivity contribution in [1.29, 1.82) is 0 Å². The maximum atomic E-state index is 12.4. The molecule has 0 aliphatic rings. The predicted molar refractivity (Wildman–Crippen MR) is 97.5 cm³/mol. The van der Waals surface area contributed by atoms with Gasteiger partial charge in [0.15, 0.2) is 5.82 Å². The third-order valence-corrected chi connectivity index (χ3v) is 4.44. The van der Waals surface area contributed by atoms with Crippen LogP contribution >= 0.6 is 23.2 Å². The van der Waals surface area contributed by atoms with Gasteiger partial charge in [0, 0.05) is 30.7 Å². The van der Waals surface area contributed by atoms with Gasteiger partial charge >= 0.3 is 0 Å². The average Bonchev–Trinajstić information content (AvgIpc) is 3.03. The van der Waals surface area contributed by atoms with Gasteiger partial charge in [0.1, 0.15) is 0 Å². The van der Waals surface area contributed by atoms with E-state index in [1.807, 2.05) is 0 Å². The van der Waals surface area contributed by atoms with Crippen molar-refractivity contribution in [3.63, 3.8) is 0 Å². The zero-order valence-electron chi connectivity index (χ0n) is 13.2. The van der Waals surface area contributed by atoms with Crippen LogP contribution in [0.3, 0.4) is 0 Å². The van der Waals surface area contributed by atoms with Crippen LogP contribution in [0.4, 0.5) is 5.69 Å². The summed E-state index contributed by atoms with van der Waals surface area (Å²) in [6.45, 7) is 0. The Morgan fingerprint density at radius 1 is 1.08 bits per heavy atom. The van der Waals surface area contributed by atoms with Gasteiger partial charge in [-0.15, -0.1) is 0 Å². The molecule has 0 fully saturated rings. The van der Waals surface area contributed by atoms with Crippen molar-refractivity contribution in [2.45, 2.75) is 0 Å². The molecule has 0 aliphatic heterocycles. The number of hydrogen-bond donors (Lipinski definition) is 1. The van der Waals surface area contributed by atoms with Crippen LogP contribution < -0.4 is 5.32 Å². The molecule has 25 heavy (non-hydrogen) atoms. The molecule has 5 nitrogen and oxygen atoms in total. The number of aromatic nitrogens is 2. The predicted octanol–water partition coefficient (Wildman–Crippen LogP) is 4.21. The van der Waals surface area contributed by atoms with Gasteiger partial charge < -0.3 is 9.88 Å².